The summed E-state index contributed by atoms with van der Waals surface area (Å²) < 4.78 is 43.1. The zero-order valence-corrected chi connectivity index (χ0v) is 27.7. The van der Waals surface area contributed by atoms with Gasteiger partial charge in [-0.15, -0.1) is 0 Å². The number of hydrogen-bond acceptors (Lipinski definition) is 7. The Balaban J connectivity index is 1.47. The molecule has 2 aromatic heterocycles. The summed E-state index contributed by atoms with van der Waals surface area (Å²) in [6.07, 6.45) is 5.69. The van der Waals surface area contributed by atoms with E-state index in [-0.39, 0.29) is 39.9 Å². The summed E-state index contributed by atoms with van der Waals surface area (Å²) in [6.45, 7) is 7.73. The van der Waals surface area contributed by atoms with Crippen LogP contribution in [-0.4, -0.2) is 62.6 Å². The molecule has 3 aromatic rings. The van der Waals surface area contributed by atoms with Crippen molar-refractivity contribution in [2.45, 2.75) is 58.2 Å². The van der Waals surface area contributed by atoms with Crippen LogP contribution in [0.15, 0.2) is 36.8 Å². The van der Waals surface area contributed by atoms with E-state index in [0.717, 1.165) is 5.56 Å². The fourth-order valence-electron chi connectivity index (χ4n) is 5.15. The molecule has 1 fully saturated rings. The number of methoxy groups -OCH3 is 1. The van der Waals surface area contributed by atoms with Gasteiger partial charge in [0.25, 0.3) is 0 Å². The van der Waals surface area contributed by atoms with Crippen LogP contribution in [0.5, 0.6) is 5.75 Å². The quantitative estimate of drug-likeness (QED) is 0.142. The predicted octanol–water partition coefficient (Wildman–Crippen LogP) is 6.64. The normalized spacial score (nSPS) is 18.1. The van der Waals surface area contributed by atoms with Gasteiger partial charge in [0.05, 0.1) is 17.3 Å². The zero-order chi connectivity index (χ0) is 32.4. The van der Waals surface area contributed by atoms with E-state index in [1.54, 1.807) is 46.2 Å². The Morgan fingerprint density at radius 1 is 1.25 bits per heavy atom. The number of benzene rings is 1. The Morgan fingerprint density at radius 2 is 1.93 bits per heavy atom. The van der Waals surface area contributed by atoms with E-state index in [2.05, 4.69) is 15.2 Å². The number of hydrogen-bond donors (Lipinski definition) is 3. The minimum Gasteiger partial charge on any atom is -0.482 e. The Hall–Kier alpha value is -2.73. The van der Waals surface area contributed by atoms with Gasteiger partial charge in [-0.2, -0.15) is 5.10 Å². The van der Waals surface area contributed by atoms with Gasteiger partial charge in [-0.05, 0) is 50.8 Å². The van der Waals surface area contributed by atoms with Gasteiger partial charge in [0.15, 0.2) is 11.6 Å². The Morgan fingerprint density at radius 3 is 2.55 bits per heavy atom. The molecule has 240 valence electrons. The molecule has 3 heterocycles. The summed E-state index contributed by atoms with van der Waals surface area (Å²) in [7, 11) is -1.91. The average molecular weight is 672 g/mol. The SMILES string of the molecule is COCP(=O)(NC(C)(C(=O)O)C(C)C)N1CCC(n2cc(-c3cnc(N)c(O[C@H](C)c4c(Cl)ccc(F)c4Cl)c3)cn2)CC1. The molecule has 1 saturated heterocycles. The van der Waals surface area contributed by atoms with Crippen LogP contribution in [0.1, 0.15) is 58.2 Å². The van der Waals surface area contributed by atoms with Crippen molar-refractivity contribution in [2.75, 3.05) is 32.3 Å². The molecule has 0 spiro atoms. The molecule has 0 amide bonds. The number of nitrogens with zero attached hydrogens (tertiary/aromatic N) is 4. The van der Waals surface area contributed by atoms with E-state index in [9.17, 15) is 18.9 Å². The Kier molecular flexibility index (Phi) is 10.7. The number of nitrogens with two attached hydrogens (primary N) is 1. The maximum Gasteiger partial charge on any atom is 0.324 e. The molecule has 2 unspecified atom stereocenters. The third kappa shape index (κ3) is 7.06. The molecule has 44 heavy (non-hydrogen) atoms. The molecular formula is C29H38Cl2FN6O5P. The van der Waals surface area contributed by atoms with Crippen molar-refractivity contribution in [3.63, 3.8) is 0 Å². The molecule has 1 aliphatic heterocycles. The number of ether oxygens (including phenoxy) is 2. The maximum absolute atomic E-state index is 14.1. The molecule has 4 rings (SSSR count). The van der Waals surface area contributed by atoms with E-state index in [0.29, 0.717) is 37.1 Å². The predicted molar refractivity (Wildman–Crippen MR) is 169 cm³/mol. The molecule has 15 heteroatoms. The Labute approximate surface area is 266 Å². The second-order valence-corrected chi connectivity index (χ2v) is 14.6. The van der Waals surface area contributed by atoms with Crippen molar-refractivity contribution in [2.24, 2.45) is 5.92 Å². The number of carboxylic acids is 1. The number of carboxylic acid groups (broad SMARTS) is 1. The third-order valence-corrected chi connectivity index (χ3v) is 11.6. The number of nitrogens with one attached hydrogen (secondary N) is 1. The minimum atomic E-state index is -3.36. The van der Waals surface area contributed by atoms with Crippen molar-refractivity contribution >= 4 is 42.4 Å². The van der Waals surface area contributed by atoms with Crippen molar-refractivity contribution in [1.29, 1.82) is 0 Å². The number of nitrogen functional groups attached to an aromatic ring is 1. The van der Waals surface area contributed by atoms with Gasteiger partial charge in [0.1, 0.15) is 23.8 Å². The summed E-state index contributed by atoms with van der Waals surface area (Å²) in [5.74, 6) is -1.55. The molecule has 1 aromatic carbocycles. The van der Waals surface area contributed by atoms with Crippen LogP contribution >= 0.6 is 30.6 Å². The van der Waals surface area contributed by atoms with Gasteiger partial charge in [-0.3, -0.25) is 14.0 Å². The van der Waals surface area contributed by atoms with Gasteiger partial charge >= 0.3 is 5.97 Å². The zero-order valence-electron chi connectivity index (χ0n) is 25.3. The number of aromatic nitrogens is 3. The molecule has 0 aliphatic carbocycles. The highest BCUT2D eigenvalue weighted by molar-refractivity contribution is 7.59. The number of halogens is 3. The van der Waals surface area contributed by atoms with Gasteiger partial charge < -0.3 is 20.3 Å². The molecule has 3 atom stereocenters. The highest BCUT2D eigenvalue weighted by Gasteiger charge is 2.45. The Bertz CT molecular complexity index is 1550. The lowest BCUT2D eigenvalue weighted by atomic mass is 9.90. The summed E-state index contributed by atoms with van der Waals surface area (Å²) in [5, 5.41) is 17.6. The number of aliphatic carboxylic acids is 1. The molecule has 0 radical (unpaired) electrons. The average Bonchev–Trinajstić information content (AvgIpc) is 3.47. The number of carbonyl (C=O) groups is 1. The van der Waals surface area contributed by atoms with Crippen molar-refractivity contribution in [3.8, 4) is 16.9 Å². The van der Waals surface area contributed by atoms with Crippen molar-refractivity contribution in [3.05, 3.63) is 58.2 Å². The molecule has 1 aliphatic rings. The third-order valence-electron chi connectivity index (χ3n) is 8.19. The van der Waals surface area contributed by atoms with Gasteiger partial charge in [-0.1, -0.05) is 37.0 Å². The maximum atomic E-state index is 14.1. The van der Waals surface area contributed by atoms with Crippen LogP contribution in [0.25, 0.3) is 11.1 Å². The number of anilines is 1. The number of piperidine rings is 1. The first-order valence-corrected chi connectivity index (χ1v) is 16.8. The van der Waals surface area contributed by atoms with E-state index < -0.39 is 30.9 Å². The van der Waals surface area contributed by atoms with Crippen LogP contribution in [0.3, 0.4) is 0 Å². The first-order valence-electron chi connectivity index (χ1n) is 14.2. The summed E-state index contributed by atoms with van der Waals surface area (Å²) in [6, 6.07) is 4.36. The van der Waals surface area contributed by atoms with Gasteiger partial charge in [-0.25, -0.2) is 19.1 Å². The van der Waals surface area contributed by atoms with Crippen LogP contribution in [0.4, 0.5) is 10.2 Å². The lowest BCUT2D eigenvalue weighted by molar-refractivity contribution is -0.145. The van der Waals surface area contributed by atoms with E-state index in [1.165, 1.54) is 19.2 Å². The largest absolute Gasteiger partial charge is 0.482 e. The highest BCUT2D eigenvalue weighted by Crippen LogP contribution is 2.50. The van der Waals surface area contributed by atoms with E-state index in [4.69, 9.17) is 38.4 Å². The summed E-state index contributed by atoms with van der Waals surface area (Å²) in [5.41, 5.74) is 6.50. The highest BCUT2D eigenvalue weighted by atomic mass is 35.5. The number of rotatable bonds is 12. The lowest BCUT2D eigenvalue weighted by Crippen LogP contribution is -2.54. The van der Waals surface area contributed by atoms with Gasteiger partial charge in [0, 0.05) is 54.3 Å². The van der Waals surface area contributed by atoms with E-state index >= 15 is 0 Å². The van der Waals surface area contributed by atoms with Crippen molar-refractivity contribution in [1.82, 2.24) is 24.5 Å². The second-order valence-electron chi connectivity index (χ2n) is 11.4. The van der Waals surface area contributed by atoms with Crippen LogP contribution < -0.4 is 15.6 Å². The summed E-state index contributed by atoms with van der Waals surface area (Å²) in [4.78, 5) is 16.4. The van der Waals surface area contributed by atoms with Crippen LogP contribution in [0, 0.1) is 11.7 Å². The molecule has 0 bridgehead atoms. The monoisotopic (exact) mass is 670 g/mol. The first kappa shape index (κ1) is 34.1. The molecule has 0 saturated carbocycles. The first-order chi connectivity index (χ1) is 20.7. The standard InChI is InChI=1S/C29H38Cl2FN6O5P/c1-17(2)29(4,28(39)40)36-44(41,16-42-5)37-10-8-21(9-11-37)38-15-20(14-35-38)19-12-24(27(33)34-13-19)43-18(3)25-22(30)6-7-23(32)26(25)31/h6-7,12-15,17-18,21H,8-11,16H2,1-5H3,(H2,33,34)(H,36,41)(H,39,40)/t18-,29?,44?/m1/s1. The van der Waals surface area contributed by atoms with Gasteiger partial charge in [0.2, 0.25) is 7.44 Å². The van der Waals surface area contributed by atoms with Crippen molar-refractivity contribution < 1.29 is 28.3 Å². The number of pyridine rings is 1. The van der Waals surface area contributed by atoms with Crippen LogP contribution in [0.2, 0.25) is 10.0 Å². The minimum absolute atomic E-state index is 0.0293. The van der Waals surface area contributed by atoms with Crippen LogP contribution in [-0.2, 0) is 14.1 Å². The smallest absolute Gasteiger partial charge is 0.324 e. The topological polar surface area (TPSA) is 145 Å². The molecule has 11 nitrogen and oxygen atoms in total. The molecular weight excluding hydrogens is 633 g/mol. The summed E-state index contributed by atoms with van der Waals surface area (Å²) >= 11 is 12.4. The second kappa shape index (κ2) is 13.7. The fourth-order valence-corrected chi connectivity index (χ4v) is 8.50. The fraction of sp³-hybridized carbons (Fsp3) is 0.483. The van der Waals surface area contributed by atoms with E-state index in [1.807, 2.05) is 15.5 Å². The lowest BCUT2D eigenvalue weighted by Gasteiger charge is -2.42. The molecule has 4 N–H and O–H groups in total.